The van der Waals surface area contributed by atoms with Gasteiger partial charge in [-0.2, -0.15) is 8.78 Å². The zero-order valence-electron chi connectivity index (χ0n) is 10.2. The number of benzene rings is 1. The minimum atomic E-state index is -4.80. The van der Waals surface area contributed by atoms with Crippen LogP contribution in [-0.2, 0) is 14.6 Å². The fourth-order valence-corrected chi connectivity index (χ4v) is 2.82. The number of carboxylic acids is 1. The lowest BCUT2D eigenvalue weighted by Crippen LogP contribution is -2.19. The summed E-state index contributed by atoms with van der Waals surface area (Å²) >= 11 is 0. The predicted octanol–water partition coefficient (Wildman–Crippen LogP) is 2.65. The molecule has 0 heterocycles. The van der Waals surface area contributed by atoms with Crippen LogP contribution in [0.1, 0.15) is 31.2 Å². The van der Waals surface area contributed by atoms with E-state index in [1.165, 1.54) is 18.2 Å². The number of rotatable bonds is 6. The summed E-state index contributed by atoms with van der Waals surface area (Å²) in [6.45, 7) is 1.74. The fraction of sp³-hybridized carbons (Fsp3) is 0.417. The summed E-state index contributed by atoms with van der Waals surface area (Å²) in [6, 6.07) is 5.02. The first-order chi connectivity index (χ1) is 8.82. The lowest BCUT2D eigenvalue weighted by Gasteiger charge is -2.16. The molecule has 0 fully saturated rings. The Bertz CT molecular complexity index is 555. The maximum Gasteiger partial charge on any atom is 0.341 e. The molecule has 0 aliphatic rings. The molecule has 1 rings (SSSR count). The Kier molecular flexibility index (Phi) is 4.99. The average molecular weight is 292 g/mol. The van der Waals surface area contributed by atoms with Crippen LogP contribution in [0.25, 0.3) is 0 Å². The number of hydrogen-bond donors (Lipinski definition) is 1. The number of aliphatic carboxylic acids is 1. The van der Waals surface area contributed by atoms with E-state index < -0.39 is 32.4 Å². The van der Waals surface area contributed by atoms with Crippen molar-refractivity contribution in [3.05, 3.63) is 29.8 Å². The largest absolute Gasteiger partial charge is 0.481 e. The van der Waals surface area contributed by atoms with Crippen LogP contribution in [0.4, 0.5) is 8.78 Å². The van der Waals surface area contributed by atoms with Crippen LogP contribution < -0.4 is 0 Å². The topological polar surface area (TPSA) is 71.4 Å². The lowest BCUT2D eigenvalue weighted by atomic mass is 9.95. The molecule has 1 aromatic carbocycles. The molecule has 1 aromatic rings. The van der Waals surface area contributed by atoms with Crippen molar-refractivity contribution in [3.8, 4) is 0 Å². The van der Waals surface area contributed by atoms with Gasteiger partial charge in [0.1, 0.15) is 0 Å². The van der Waals surface area contributed by atoms with E-state index in [1.807, 2.05) is 0 Å². The van der Waals surface area contributed by atoms with Gasteiger partial charge in [-0.25, -0.2) is 8.42 Å². The summed E-state index contributed by atoms with van der Waals surface area (Å²) in [6.07, 6.45) is 0.686. The third-order valence-electron chi connectivity index (χ3n) is 2.71. The lowest BCUT2D eigenvalue weighted by molar-refractivity contribution is -0.139. The van der Waals surface area contributed by atoms with E-state index in [4.69, 9.17) is 5.11 Å². The molecule has 4 nitrogen and oxygen atoms in total. The molecular weight excluding hydrogens is 278 g/mol. The van der Waals surface area contributed by atoms with Gasteiger partial charge in [0.2, 0.25) is 9.84 Å². The zero-order valence-corrected chi connectivity index (χ0v) is 11.0. The molecule has 0 radical (unpaired) electrons. The Morgan fingerprint density at radius 3 is 2.37 bits per heavy atom. The van der Waals surface area contributed by atoms with E-state index in [-0.39, 0.29) is 12.0 Å². The maximum absolute atomic E-state index is 12.6. The highest BCUT2D eigenvalue weighted by Gasteiger charge is 2.32. The van der Waals surface area contributed by atoms with Crippen molar-refractivity contribution in [3.63, 3.8) is 0 Å². The molecule has 0 bridgehead atoms. The van der Waals surface area contributed by atoms with Crippen LogP contribution in [0.3, 0.4) is 0 Å². The predicted molar refractivity (Wildman–Crippen MR) is 64.9 cm³/mol. The Morgan fingerprint density at radius 1 is 1.32 bits per heavy atom. The van der Waals surface area contributed by atoms with Gasteiger partial charge >= 0.3 is 11.7 Å². The monoisotopic (exact) mass is 292 g/mol. The third-order valence-corrected chi connectivity index (χ3v) is 4.16. The summed E-state index contributed by atoms with van der Waals surface area (Å²) in [7, 11) is -4.80. The van der Waals surface area contributed by atoms with Crippen molar-refractivity contribution < 1.29 is 27.1 Å². The molecule has 0 aliphatic heterocycles. The molecule has 0 amide bonds. The van der Waals surface area contributed by atoms with Crippen LogP contribution >= 0.6 is 0 Å². The van der Waals surface area contributed by atoms with Gasteiger partial charge in [0.05, 0.1) is 10.8 Å². The highest BCUT2D eigenvalue weighted by atomic mass is 32.2. The van der Waals surface area contributed by atoms with E-state index in [9.17, 15) is 22.0 Å². The highest BCUT2D eigenvalue weighted by molar-refractivity contribution is 7.91. The second-order valence-electron chi connectivity index (χ2n) is 4.02. The Morgan fingerprint density at radius 2 is 1.89 bits per heavy atom. The van der Waals surface area contributed by atoms with Crippen LogP contribution in [0, 0.1) is 0 Å². The molecule has 106 valence electrons. The smallest absolute Gasteiger partial charge is 0.341 e. The molecule has 1 unspecified atom stereocenters. The zero-order chi connectivity index (χ0) is 14.6. The molecule has 19 heavy (non-hydrogen) atoms. The number of carbonyl (C=O) groups is 1. The molecule has 0 aromatic heterocycles. The van der Waals surface area contributed by atoms with Gasteiger partial charge in [-0.05, 0) is 18.1 Å². The van der Waals surface area contributed by atoms with Crippen molar-refractivity contribution in [2.24, 2.45) is 0 Å². The quantitative estimate of drug-likeness (QED) is 0.875. The van der Waals surface area contributed by atoms with E-state index in [1.54, 1.807) is 6.92 Å². The second kappa shape index (κ2) is 6.10. The standard InChI is InChI=1S/C12H14F2O4S/c1-2-5-9(11(15)16)8-6-3-4-7-10(8)19(17,18)12(13)14/h3-4,6-7,9,12H,2,5H2,1H3,(H,15,16). The molecule has 0 spiro atoms. The Balaban J connectivity index is 3.41. The van der Waals surface area contributed by atoms with Crippen molar-refractivity contribution in [1.82, 2.24) is 0 Å². The molecule has 0 saturated heterocycles. The van der Waals surface area contributed by atoms with Gasteiger partial charge in [-0.3, -0.25) is 4.79 Å². The molecule has 0 saturated carbocycles. The van der Waals surface area contributed by atoms with Crippen molar-refractivity contribution in [1.29, 1.82) is 0 Å². The summed E-state index contributed by atoms with van der Waals surface area (Å²) in [4.78, 5) is 10.6. The van der Waals surface area contributed by atoms with E-state index in [2.05, 4.69) is 0 Å². The van der Waals surface area contributed by atoms with Gasteiger partial charge in [-0.15, -0.1) is 0 Å². The van der Waals surface area contributed by atoms with Gasteiger partial charge in [-0.1, -0.05) is 31.5 Å². The molecule has 1 atom stereocenters. The van der Waals surface area contributed by atoms with Crippen LogP contribution in [-0.4, -0.2) is 25.3 Å². The first-order valence-electron chi connectivity index (χ1n) is 5.66. The van der Waals surface area contributed by atoms with E-state index >= 15 is 0 Å². The maximum atomic E-state index is 12.6. The van der Waals surface area contributed by atoms with Gasteiger partial charge < -0.3 is 5.11 Å². The fourth-order valence-electron chi connectivity index (χ4n) is 1.82. The van der Waals surface area contributed by atoms with Crippen molar-refractivity contribution in [2.75, 3.05) is 0 Å². The molecule has 1 N–H and O–H groups in total. The van der Waals surface area contributed by atoms with Crippen LogP contribution in [0.15, 0.2) is 29.2 Å². The SMILES string of the molecule is CCCC(C(=O)O)c1ccccc1S(=O)(=O)C(F)F. The number of carboxylic acid groups (broad SMARTS) is 1. The van der Waals surface area contributed by atoms with Crippen LogP contribution in [0.2, 0.25) is 0 Å². The normalized spacial score (nSPS) is 13.5. The van der Waals surface area contributed by atoms with Gasteiger partial charge in [0.15, 0.2) is 0 Å². The minimum absolute atomic E-state index is 0.0860. The van der Waals surface area contributed by atoms with E-state index in [0.29, 0.717) is 6.42 Å². The Hall–Kier alpha value is -1.50. The second-order valence-corrected chi connectivity index (χ2v) is 5.91. The summed E-state index contributed by atoms with van der Waals surface area (Å²) < 4.78 is 48.3. The number of alkyl halides is 2. The summed E-state index contributed by atoms with van der Waals surface area (Å²) in [5.41, 5.74) is -0.0860. The van der Waals surface area contributed by atoms with Gasteiger partial charge in [0, 0.05) is 0 Å². The van der Waals surface area contributed by atoms with Crippen molar-refractivity contribution >= 4 is 15.8 Å². The summed E-state index contributed by atoms with van der Waals surface area (Å²) in [5.74, 6) is -5.89. The van der Waals surface area contributed by atoms with Crippen molar-refractivity contribution in [2.45, 2.75) is 36.3 Å². The third kappa shape index (κ3) is 3.28. The Labute approximate surface area is 110 Å². The number of halogens is 2. The summed E-state index contributed by atoms with van der Waals surface area (Å²) in [5, 5.41) is 9.10. The van der Waals surface area contributed by atoms with E-state index in [0.717, 1.165) is 6.07 Å². The number of sulfone groups is 1. The molecular formula is C12H14F2O4S. The molecule has 7 heteroatoms. The highest BCUT2D eigenvalue weighted by Crippen LogP contribution is 2.30. The molecule has 0 aliphatic carbocycles. The van der Waals surface area contributed by atoms with Gasteiger partial charge in [0.25, 0.3) is 0 Å². The van der Waals surface area contributed by atoms with Crippen LogP contribution in [0.5, 0.6) is 0 Å². The minimum Gasteiger partial charge on any atom is -0.481 e. The first-order valence-corrected chi connectivity index (χ1v) is 7.20. The first kappa shape index (κ1) is 15.6. The average Bonchev–Trinajstić information content (AvgIpc) is 2.35. The number of hydrogen-bond acceptors (Lipinski definition) is 3.